The van der Waals surface area contributed by atoms with Crippen molar-refractivity contribution in [2.45, 2.75) is 0 Å². The Bertz CT molecular complexity index is 872. The Balaban J connectivity index is 1.74. The number of allylic oxidation sites excluding steroid dienone is 8. The zero-order valence-electron chi connectivity index (χ0n) is 13.2. The van der Waals surface area contributed by atoms with Gasteiger partial charge in [-0.15, -0.1) is 0 Å². The van der Waals surface area contributed by atoms with Crippen LogP contribution in [0.5, 0.6) is 0 Å². The molecule has 0 atom stereocenters. The average Bonchev–Trinajstić information content (AvgIpc) is 3.31. The van der Waals surface area contributed by atoms with E-state index in [1.165, 1.54) is 11.1 Å². The minimum atomic E-state index is 0.218. The van der Waals surface area contributed by atoms with Crippen LogP contribution in [-0.4, -0.2) is 0 Å². The van der Waals surface area contributed by atoms with Crippen molar-refractivity contribution < 1.29 is 0 Å². The number of fused-ring (bicyclic) bond motifs is 1. The zero-order valence-corrected chi connectivity index (χ0v) is 13.2. The molecule has 0 saturated carbocycles. The first-order valence-electron chi connectivity index (χ1n) is 8.15. The van der Waals surface area contributed by atoms with E-state index in [0.29, 0.717) is 0 Å². The van der Waals surface area contributed by atoms with Gasteiger partial charge >= 0.3 is 0 Å². The molecule has 0 bridgehead atoms. The van der Waals surface area contributed by atoms with Crippen molar-refractivity contribution in [3.63, 3.8) is 0 Å². The molecule has 0 fully saturated rings. The highest BCUT2D eigenvalue weighted by molar-refractivity contribution is 5.81. The summed E-state index contributed by atoms with van der Waals surface area (Å²) in [5, 5.41) is 0. The van der Waals surface area contributed by atoms with Gasteiger partial charge in [-0.25, -0.2) is 0 Å². The molecule has 4 aliphatic carbocycles. The predicted octanol–water partition coefficient (Wildman–Crippen LogP) is 4.98. The predicted molar refractivity (Wildman–Crippen MR) is 100 cm³/mol. The van der Waals surface area contributed by atoms with Crippen molar-refractivity contribution >= 4 is 0 Å². The molecule has 0 heteroatoms. The van der Waals surface area contributed by atoms with Crippen LogP contribution in [0.15, 0.2) is 85.0 Å². The first-order valence-corrected chi connectivity index (χ1v) is 8.15. The van der Waals surface area contributed by atoms with Crippen molar-refractivity contribution in [3.05, 3.63) is 96.1 Å². The Morgan fingerprint density at radius 2 is 1.04 bits per heavy atom. The molecule has 0 aromatic heterocycles. The van der Waals surface area contributed by atoms with E-state index in [-0.39, 0.29) is 11.8 Å². The largest absolute Gasteiger partial charge is 0.0861 e. The molecule has 112 valence electrons. The summed E-state index contributed by atoms with van der Waals surface area (Å²) in [6.07, 6.45) is 16.6. The average molecular weight is 304 g/mol. The van der Waals surface area contributed by atoms with Crippen LogP contribution in [0.2, 0.25) is 0 Å². The van der Waals surface area contributed by atoms with Gasteiger partial charge in [0.2, 0.25) is 0 Å². The van der Waals surface area contributed by atoms with Crippen molar-refractivity contribution in [3.8, 4) is 34.8 Å². The van der Waals surface area contributed by atoms with Crippen molar-refractivity contribution in [2.75, 3.05) is 0 Å². The maximum atomic E-state index is 3.34. The fourth-order valence-corrected chi connectivity index (χ4v) is 2.90. The summed E-state index contributed by atoms with van der Waals surface area (Å²) in [6, 6.07) is 12.5. The van der Waals surface area contributed by atoms with E-state index >= 15 is 0 Å². The van der Waals surface area contributed by atoms with Gasteiger partial charge in [-0.3, -0.25) is 0 Å². The quantitative estimate of drug-likeness (QED) is 0.602. The smallest absolute Gasteiger partial charge is 0.0573 e. The highest BCUT2D eigenvalue weighted by atomic mass is 14.1. The van der Waals surface area contributed by atoms with Crippen LogP contribution in [0.1, 0.15) is 11.1 Å². The van der Waals surface area contributed by atoms with Gasteiger partial charge in [0.25, 0.3) is 0 Å². The molecule has 0 spiro atoms. The second kappa shape index (κ2) is 6.49. The maximum Gasteiger partial charge on any atom is 0.0573 e. The molecule has 24 heavy (non-hydrogen) atoms. The van der Waals surface area contributed by atoms with Crippen LogP contribution in [0.4, 0.5) is 0 Å². The van der Waals surface area contributed by atoms with Crippen LogP contribution >= 0.6 is 0 Å². The van der Waals surface area contributed by atoms with Gasteiger partial charge in [-0.2, -0.15) is 0 Å². The van der Waals surface area contributed by atoms with Crippen LogP contribution in [0.25, 0.3) is 11.1 Å². The summed E-state index contributed by atoms with van der Waals surface area (Å²) in [5.41, 5.74) is 4.44. The summed E-state index contributed by atoms with van der Waals surface area (Å²) in [5.74, 6) is 13.8. The fourth-order valence-electron chi connectivity index (χ4n) is 2.90. The normalized spacial score (nSPS) is 15.5. The lowest BCUT2D eigenvalue weighted by Crippen LogP contribution is -1.82. The second-order valence-electron chi connectivity index (χ2n) is 5.84. The Morgan fingerprint density at radius 1 is 0.583 bits per heavy atom. The number of hydrogen-bond donors (Lipinski definition) is 0. The summed E-state index contributed by atoms with van der Waals surface area (Å²) >= 11 is 0. The minimum absolute atomic E-state index is 0.218. The molecule has 0 aromatic rings. The monoisotopic (exact) mass is 304 g/mol. The van der Waals surface area contributed by atoms with Crippen molar-refractivity contribution in [1.29, 1.82) is 0 Å². The van der Waals surface area contributed by atoms with Crippen LogP contribution in [0, 0.1) is 35.5 Å². The first-order chi connectivity index (χ1) is 11.9. The summed E-state index contributed by atoms with van der Waals surface area (Å²) < 4.78 is 0. The SMILES string of the molecule is C(#CC1C=CC=C1)c1cc(C#CC2C=CC=C2)c2cccccc1-2. The third-order valence-corrected chi connectivity index (χ3v) is 4.15. The highest BCUT2D eigenvalue weighted by Gasteiger charge is 2.12. The molecule has 4 aliphatic rings. The van der Waals surface area contributed by atoms with Gasteiger partial charge in [0, 0.05) is 11.1 Å². The van der Waals surface area contributed by atoms with Gasteiger partial charge in [0.05, 0.1) is 11.8 Å². The molecule has 0 amide bonds. The van der Waals surface area contributed by atoms with Crippen LogP contribution in [-0.2, 0) is 0 Å². The summed E-state index contributed by atoms with van der Waals surface area (Å²) in [4.78, 5) is 0. The zero-order chi connectivity index (χ0) is 16.2. The van der Waals surface area contributed by atoms with E-state index in [4.69, 9.17) is 0 Å². The second-order valence-corrected chi connectivity index (χ2v) is 5.84. The molecule has 0 unspecified atom stereocenters. The molecule has 0 nitrogen and oxygen atoms in total. The molecule has 4 rings (SSSR count). The molecule has 0 radical (unpaired) electrons. The van der Waals surface area contributed by atoms with Crippen LogP contribution < -0.4 is 0 Å². The number of rotatable bonds is 0. The summed E-state index contributed by atoms with van der Waals surface area (Å²) in [7, 11) is 0. The molecular formula is C24H16. The Labute approximate surface area is 143 Å². The number of hydrogen-bond acceptors (Lipinski definition) is 0. The highest BCUT2D eigenvalue weighted by Crippen LogP contribution is 2.31. The molecule has 0 aliphatic heterocycles. The van der Waals surface area contributed by atoms with Gasteiger partial charge in [0.1, 0.15) is 0 Å². The molecule has 0 N–H and O–H groups in total. The van der Waals surface area contributed by atoms with E-state index < -0.39 is 0 Å². The third-order valence-electron chi connectivity index (χ3n) is 4.15. The maximum absolute atomic E-state index is 3.34. The van der Waals surface area contributed by atoms with E-state index in [2.05, 4.69) is 78.3 Å². The summed E-state index contributed by atoms with van der Waals surface area (Å²) in [6.45, 7) is 0. The molecule has 0 heterocycles. The van der Waals surface area contributed by atoms with E-state index in [1.54, 1.807) is 0 Å². The lowest BCUT2D eigenvalue weighted by atomic mass is 10.1. The Kier molecular flexibility index (Phi) is 3.89. The third kappa shape index (κ3) is 2.96. The van der Waals surface area contributed by atoms with Crippen LogP contribution in [0.3, 0.4) is 0 Å². The lowest BCUT2D eigenvalue weighted by molar-refractivity contribution is 1.15. The molecule has 0 saturated heterocycles. The van der Waals surface area contributed by atoms with E-state index in [9.17, 15) is 0 Å². The topological polar surface area (TPSA) is 0 Å². The lowest BCUT2D eigenvalue weighted by Gasteiger charge is -1.95. The van der Waals surface area contributed by atoms with Gasteiger partial charge < -0.3 is 0 Å². The standard InChI is InChI=1S/C24H16/c1-2-12-23-21(16-14-19-8-4-5-9-19)18-22(24(23)13-3-1)17-15-20-10-6-7-11-20/h1-13,18-20H. The van der Waals surface area contributed by atoms with Gasteiger partial charge in [0.15, 0.2) is 0 Å². The Hall–Kier alpha value is -3.22. The Morgan fingerprint density at radius 3 is 1.50 bits per heavy atom. The van der Waals surface area contributed by atoms with E-state index in [0.717, 1.165) is 11.1 Å². The molecular weight excluding hydrogens is 288 g/mol. The molecule has 0 aromatic carbocycles. The van der Waals surface area contributed by atoms with Crippen molar-refractivity contribution in [2.24, 2.45) is 11.8 Å². The van der Waals surface area contributed by atoms with Crippen molar-refractivity contribution in [1.82, 2.24) is 0 Å². The van der Waals surface area contributed by atoms with Gasteiger partial charge in [-0.1, -0.05) is 103 Å². The fraction of sp³-hybridized carbons (Fsp3) is 0.0833. The van der Waals surface area contributed by atoms with Gasteiger partial charge in [-0.05, 0) is 17.2 Å². The van der Waals surface area contributed by atoms with E-state index in [1.807, 2.05) is 30.4 Å². The first kappa shape index (κ1) is 14.4. The minimum Gasteiger partial charge on any atom is -0.0861 e.